The maximum Gasteiger partial charge on any atom is 0.262 e. The third-order valence-corrected chi connectivity index (χ3v) is 3.14. The lowest BCUT2D eigenvalue weighted by Crippen LogP contribution is -1.91. The molecule has 0 atom stereocenters. The van der Waals surface area contributed by atoms with Crippen LogP contribution in [0, 0.1) is 6.92 Å². The number of hydrogen-bond donors (Lipinski definition) is 1. The molecule has 2 N–H and O–H groups in total. The van der Waals surface area contributed by atoms with Gasteiger partial charge in [0, 0.05) is 29.7 Å². The van der Waals surface area contributed by atoms with E-state index < -0.39 is 0 Å². The number of nitrogens with two attached hydrogens (primary N) is 1. The van der Waals surface area contributed by atoms with Crippen molar-refractivity contribution in [2.45, 2.75) is 6.92 Å². The molecule has 6 heteroatoms. The number of pyridine rings is 1. The molecule has 2 heterocycles. The van der Waals surface area contributed by atoms with Gasteiger partial charge in [-0.15, -0.1) is 0 Å². The summed E-state index contributed by atoms with van der Waals surface area (Å²) >= 11 is 0. The highest BCUT2D eigenvalue weighted by Gasteiger charge is 2.15. The van der Waals surface area contributed by atoms with Crippen molar-refractivity contribution in [3.63, 3.8) is 0 Å². The average molecular weight is 282 g/mol. The first-order valence-corrected chi connectivity index (χ1v) is 6.37. The van der Waals surface area contributed by atoms with Gasteiger partial charge in [-0.3, -0.25) is 4.98 Å². The van der Waals surface area contributed by atoms with Crippen molar-refractivity contribution in [1.82, 2.24) is 15.1 Å². The second kappa shape index (κ2) is 5.24. The average Bonchev–Trinajstić information content (AvgIpc) is 2.97. The number of hydrogen-bond acceptors (Lipinski definition) is 6. The van der Waals surface area contributed by atoms with E-state index in [0.717, 1.165) is 11.1 Å². The summed E-state index contributed by atoms with van der Waals surface area (Å²) in [6.07, 6.45) is 3.46. The molecule has 0 bridgehead atoms. The van der Waals surface area contributed by atoms with Gasteiger partial charge < -0.3 is 15.0 Å². The number of anilines is 1. The van der Waals surface area contributed by atoms with Crippen molar-refractivity contribution in [2.24, 2.45) is 0 Å². The fourth-order valence-corrected chi connectivity index (χ4v) is 2.05. The molecule has 3 aromatic rings. The molecular weight excluding hydrogens is 268 g/mol. The van der Waals surface area contributed by atoms with E-state index >= 15 is 0 Å². The van der Waals surface area contributed by atoms with Crippen LogP contribution >= 0.6 is 0 Å². The minimum atomic E-state index is 0.387. The zero-order valence-corrected chi connectivity index (χ0v) is 11.7. The van der Waals surface area contributed by atoms with E-state index in [4.69, 9.17) is 15.0 Å². The van der Waals surface area contributed by atoms with Gasteiger partial charge in [-0.1, -0.05) is 5.16 Å². The number of benzene rings is 1. The van der Waals surface area contributed by atoms with E-state index in [9.17, 15) is 0 Å². The molecule has 1 aromatic carbocycles. The van der Waals surface area contributed by atoms with Gasteiger partial charge in [-0.25, -0.2) is 0 Å². The molecule has 0 aliphatic rings. The molecule has 0 saturated carbocycles. The Labute approximate surface area is 121 Å². The molecule has 0 unspecified atom stereocenters. The van der Waals surface area contributed by atoms with Gasteiger partial charge in [0.15, 0.2) is 0 Å². The van der Waals surface area contributed by atoms with E-state index in [1.54, 1.807) is 37.7 Å². The monoisotopic (exact) mass is 282 g/mol. The Kier molecular flexibility index (Phi) is 3.27. The van der Waals surface area contributed by atoms with Crippen molar-refractivity contribution in [1.29, 1.82) is 0 Å². The number of methoxy groups -OCH3 is 1. The van der Waals surface area contributed by atoms with Crippen molar-refractivity contribution in [3.8, 4) is 28.6 Å². The number of aromatic nitrogens is 3. The van der Waals surface area contributed by atoms with Crippen LogP contribution in [0.4, 0.5) is 5.69 Å². The fraction of sp³-hybridized carbons (Fsp3) is 0.133. The molecule has 0 aliphatic heterocycles. The van der Waals surface area contributed by atoms with E-state index in [-0.39, 0.29) is 0 Å². The summed E-state index contributed by atoms with van der Waals surface area (Å²) in [6.45, 7) is 1.95. The quantitative estimate of drug-likeness (QED) is 0.743. The van der Waals surface area contributed by atoms with Crippen LogP contribution < -0.4 is 10.5 Å². The van der Waals surface area contributed by atoms with Crippen molar-refractivity contribution < 1.29 is 9.26 Å². The molecule has 0 aliphatic carbocycles. The highest BCUT2D eigenvalue weighted by Crippen LogP contribution is 2.32. The molecule has 0 spiro atoms. The predicted molar refractivity (Wildman–Crippen MR) is 78.7 cm³/mol. The molecule has 6 nitrogen and oxygen atoms in total. The van der Waals surface area contributed by atoms with Crippen LogP contribution in [-0.4, -0.2) is 22.2 Å². The van der Waals surface area contributed by atoms with Crippen molar-refractivity contribution >= 4 is 5.69 Å². The highest BCUT2D eigenvalue weighted by atomic mass is 16.5. The summed E-state index contributed by atoms with van der Waals surface area (Å²) in [7, 11) is 1.57. The second-order valence-electron chi connectivity index (χ2n) is 4.57. The van der Waals surface area contributed by atoms with Gasteiger partial charge in [0.1, 0.15) is 5.75 Å². The second-order valence-corrected chi connectivity index (χ2v) is 4.57. The molecule has 0 radical (unpaired) electrons. The van der Waals surface area contributed by atoms with Gasteiger partial charge in [0.2, 0.25) is 5.82 Å². The number of aryl methyl sites for hydroxylation is 1. The molecule has 21 heavy (non-hydrogen) atoms. The third-order valence-electron chi connectivity index (χ3n) is 3.14. The summed E-state index contributed by atoms with van der Waals surface area (Å²) in [5.74, 6) is 1.50. The zero-order valence-electron chi connectivity index (χ0n) is 11.7. The first-order valence-electron chi connectivity index (χ1n) is 6.37. The molecule has 0 fully saturated rings. The minimum Gasteiger partial charge on any atom is -0.496 e. The largest absolute Gasteiger partial charge is 0.496 e. The number of rotatable bonds is 3. The first-order chi connectivity index (χ1) is 10.2. The van der Waals surface area contributed by atoms with E-state index in [0.29, 0.717) is 28.7 Å². The van der Waals surface area contributed by atoms with Crippen LogP contribution in [0.25, 0.3) is 22.8 Å². The van der Waals surface area contributed by atoms with Crippen LogP contribution in [0.5, 0.6) is 5.75 Å². The van der Waals surface area contributed by atoms with E-state index in [1.807, 2.05) is 13.0 Å². The van der Waals surface area contributed by atoms with Crippen LogP contribution in [-0.2, 0) is 0 Å². The minimum absolute atomic E-state index is 0.387. The first kappa shape index (κ1) is 13.1. The maximum absolute atomic E-state index is 5.74. The molecule has 2 aromatic heterocycles. The zero-order chi connectivity index (χ0) is 14.8. The standard InChI is InChI=1S/C15H14N4O2/c1-9-8-17-6-5-11(9)14-18-15(21-19-14)12-4-3-10(16)7-13(12)20-2/h3-8H,16H2,1-2H3. The number of nitrogens with zero attached hydrogens (tertiary/aromatic N) is 3. The predicted octanol–water partition coefficient (Wildman–Crippen LogP) is 2.70. The SMILES string of the molecule is COc1cc(N)ccc1-c1nc(-c2ccncc2C)no1. The lowest BCUT2D eigenvalue weighted by molar-refractivity contribution is 0.405. The normalized spacial score (nSPS) is 10.6. The summed E-state index contributed by atoms with van der Waals surface area (Å²) < 4.78 is 10.6. The molecule has 0 amide bonds. The van der Waals surface area contributed by atoms with Crippen molar-refractivity contribution in [2.75, 3.05) is 12.8 Å². The molecule has 3 rings (SSSR count). The number of ether oxygens (including phenoxy) is 1. The van der Waals surface area contributed by atoms with Crippen LogP contribution in [0.3, 0.4) is 0 Å². The Morgan fingerprint density at radius 1 is 1.19 bits per heavy atom. The lowest BCUT2D eigenvalue weighted by atomic mass is 10.1. The fourth-order valence-electron chi connectivity index (χ4n) is 2.05. The topological polar surface area (TPSA) is 87.1 Å². The van der Waals surface area contributed by atoms with Gasteiger partial charge >= 0.3 is 0 Å². The van der Waals surface area contributed by atoms with Crippen LogP contribution in [0.15, 0.2) is 41.2 Å². The Balaban J connectivity index is 2.05. The molecular formula is C15H14N4O2. The third kappa shape index (κ3) is 2.43. The summed E-state index contributed by atoms with van der Waals surface area (Å²) in [5, 5.41) is 4.02. The molecule has 0 saturated heterocycles. The van der Waals surface area contributed by atoms with Gasteiger partial charge in [-0.05, 0) is 30.7 Å². The smallest absolute Gasteiger partial charge is 0.262 e. The van der Waals surface area contributed by atoms with Gasteiger partial charge in [-0.2, -0.15) is 4.98 Å². The molecule has 106 valence electrons. The highest BCUT2D eigenvalue weighted by molar-refractivity contribution is 5.68. The lowest BCUT2D eigenvalue weighted by Gasteiger charge is -2.05. The summed E-state index contributed by atoms with van der Waals surface area (Å²) in [6, 6.07) is 7.13. The maximum atomic E-state index is 5.74. The summed E-state index contributed by atoms with van der Waals surface area (Å²) in [5.41, 5.74) is 8.93. The van der Waals surface area contributed by atoms with Gasteiger partial charge in [0.05, 0.1) is 12.7 Å². The van der Waals surface area contributed by atoms with E-state index in [2.05, 4.69) is 15.1 Å². The Morgan fingerprint density at radius 2 is 2.05 bits per heavy atom. The van der Waals surface area contributed by atoms with Crippen molar-refractivity contribution in [3.05, 3.63) is 42.2 Å². The van der Waals surface area contributed by atoms with Crippen LogP contribution in [0.2, 0.25) is 0 Å². The van der Waals surface area contributed by atoms with E-state index in [1.165, 1.54) is 0 Å². The Morgan fingerprint density at radius 3 is 2.81 bits per heavy atom. The Hall–Kier alpha value is -2.89. The number of nitrogen functional groups attached to an aromatic ring is 1. The Bertz CT molecular complexity index is 783. The summed E-state index contributed by atoms with van der Waals surface area (Å²) in [4.78, 5) is 8.48. The van der Waals surface area contributed by atoms with Crippen LogP contribution in [0.1, 0.15) is 5.56 Å². The van der Waals surface area contributed by atoms with Gasteiger partial charge in [0.25, 0.3) is 5.89 Å².